The quantitative estimate of drug-likeness (QED) is 0.107. The molecule has 0 fully saturated rings. The van der Waals surface area contributed by atoms with E-state index in [0.29, 0.717) is 22.0 Å². The van der Waals surface area contributed by atoms with Crippen molar-refractivity contribution in [3.8, 4) is 5.75 Å². The molecule has 50 heavy (non-hydrogen) atoms. The van der Waals surface area contributed by atoms with Gasteiger partial charge in [0.2, 0.25) is 0 Å². The van der Waals surface area contributed by atoms with Gasteiger partial charge in [-0.25, -0.2) is 21.6 Å². The molecule has 6 rings (SSSR count). The van der Waals surface area contributed by atoms with Crippen LogP contribution < -0.4 is 14.2 Å². The largest absolute Gasteiger partial charge is 0.480 e. The van der Waals surface area contributed by atoms with Crippen LogP contribution in [0.4, 0.5) is 0 Å². The zero-order valence-electron chi connectivity index (χ0n) is 26.6. The number of benzene rings is 2. The lowest BCUT2D eigenvalue weighted by Gasteiger charge is -2.18. The number of pyridine rings is 2. The maximum atomic E-state index is 13.6. The highest BCUT2D eigenvalue weighted by Gasteiger charge is 2.30. The molecule has 2 aromatic carbocycles. The topological polar surface area (TPSA) is 182 Å². The summed E-state index contributed by atoms with van der Waals surface area (Å²) >= 11 is 2.12. The highest BCUT2D eigenvalue weighted by Crippen LogP contribution is 2.25. The lowest BCUT2D eigenvalue weighted by molar-refractivity contribution is -0.139. The van der Waals surface area contributed by atoms with Crippen LogP contribution in [0, 0.1) is 13.8 Å². The third kappa shape index (κ3) is 8.23. The summed E-state index contributed by atoms with van der Waals surface area (Å²) in [4.78, 5) is 36.0. The van der Waals surface area contributed by atoms with Gasteiger partial charge in [-0.1, -0.05) is 18.2 Å². The van der Waals surface area contributed by atoms with E-state index < -0.39 is 44.1 Å². The smallest absolute Gasteiger partial charge is 0.329 e. The number of aromatic nitrogens is 2. The molecule has 0 bridgehead atoms. The number of thiophene rings is 2. The summed E-state index contributed by atoms with van der Waals surface area (Å²) in [5, 5.41) is 11.2. The number of nitrogens with one attached hydrogen (secondary N) is 2. The van der Waals surface area contributed by atoms with Gasteiger partial charge in [0.1, 0.15) is 26.3 Å². The first-order valence-electron chi connectivity index (χ1n) is 15.1. The summed E-state index contributed by atoms with van der Waals surface area (Å²) in [7, 11) is -8.12. The molecule has 258 valence electrons. The zero-order chi connectivity index (χ0) is 35.6. The molecule has 0 radical (unpaired) electrons. The van der Waals surface area contributed by atoms with Gasteiger partial charge in [0, 0.05) is 51.8 Å². The molecule has 2 unspecified atom stereocenters. The molecule has 0 spiro atoms. The first-order chi connectivity index (χ1) is 23.8. The number of nitrogens with zero attached hydrogens (tertiary/aromatic N) is 2. The number of carboxylic acids is 1. The molecule has 0 amide bonds. The summed E-state index contributed by atoms with van der Waals surface area (Å²) < 4.78 is 62.7. The second-order valence-electron chi connectivity index (χ2n) is 11.5. The third-order valence-corrected chi connectivity index (χ3v) is 13.5. The van der Waals surface area contributed by atoms with Crippen molar-refractivity contribution in [1.82, 2.24) is 19.4 Å². The monoisotopic (exact) mass is 750 g/mol. The van der Waals surface area contributed by atoms with Crippen molar-refractivity contribution in [3.05, 3.63) is 112 Å². The number of aryl methyl sites for hydroxylation is 2. The molecule has 0 aliphatic rings. The average Bonchev–Trinajstić information content (AvgIpc) is 3.73. The first-order valence-corrected chi connectivity index (χ1v) is 19.7. The van der Waals surface area contributed by atoms with E-state index in [1.165, 1.54) is 30.5 Å². The number of aliphatic carboxylic acids is 1. The molecule has 0 saturated carbocycles. The molecule has 12 nitrogen and oxygen atoms in total. The number of carboxylic acid groups (broad SMARTS) is 1. The number of hydrogen-bond acceptors (Lipinski definition) is 11. The molecule has 16 heteroatoms. The summed E-state index contributed by atoms with van der Waals surface area (Å²) in [6, 6.07) is 19.0. The van der Waals surface area contributed by atoms with E-state index in [4.69, 9.17) is 4.74 Å². The van der Waals surface area contributed by atoms with E-state index >= 15 is 0 Å². The van der Waals surface area contributed by atoms with Crippen LogP contribution >= 0.6 is 22.7 Å². The Labute approximate surface area is 295 Å². The number of rotatable bonds is 13. The molecule has 4 heterocycles. The Bertz CT molecular complexity index is 2460. The van der Waals surface area contributed by atoms with Gasteiger partial charge in [0.25, 0.3) is 20.0 Å². The van der Waals surface area contributed by atoms with Gasteiger partial charge in [0.15, 0.2) is 0 Å². The summed E-state index contributed by atoms with van der Waals surface area (Å²) in [5.74, 6) is -2.08. The number of esters is 1. The van der Waals surface area contributed by atoms with Gasteiger partial charge >= 0.3 is 11.9 Å². The Morgan fingerprint density at radius 1 is 0.720 bits per heavy atom. The minimum Gasteiger partial charge on any atom is -0.480 e. The lowest BCUT2D eigenvalue weighted by Crippen LogP contribution is -2.44. The molecule has 3 N–H and O–H groups in total. The van der Waals surface area contributed by atoms with Crippen molar-refractivity contribution in [3.63, 3.8) is 0 Å². The molecule has 0 aliphatic carbocycles. The number of hydrogen-bond donors (Lipinski definition) is 3. The summed E-state index contributed by atoms with van der Waals surface area (Å²) in [6.45, 7) is 3.54. The maximum absolute atomic E-state index is 13.6. The number of carbonyl (C=O) groups excluding carboxylic acids is 1. The van der Waals surface area contributed by atoms with E-state index in [1.807, 2.05) is 30.3 Å². The predicted octanol–water partition coefficient (Wildman–Crippen LogP) is 4.99. The number of fused-ring (bicyclic) bond motifs is 2. The van der Waals surface area contributed by atoms with Crippen molar-refractivity contribution in [2.24, 2.45) is 0 Å². The van der Waals surface area contributed by atoms with Gasteiger partial charge in [-0.2, -0.15) is 9.44 Å². The first kappa shape index (κ1) is 35.3. The van der Waals surface area contributed by atoms with Crippen LogP contribution in [-0.2, 0) is 42.5 Å². The highest BCUT2D eigenvalue weighted by atomic mass is 32.3. The van der Waals surface area contributed by atoms with Crippen LogP contribution in [0.25, 0.3) is 21.8 Å². The fraction of sp³-hybridized carbons (Fsp3) is 0.176. The van der Waals surface area contributed by atoms with Crippen molar-refractivity contribution >= 4 is 76.5 Å². The molecular weight excluding hydrogens is 721 g/mol. The van der Waals surface area contributed by atoms with Crippen molar-refractivity contribution in [2.75, 3.05) is 0 Å². The Morgan fingerprint density at radius 2 is 1.26 bits per heavy atom. The fourth-order valence-electron chi connectivity index (χ4n) is 5.17. The van der Waals surface area contributed by atoms with E-state index in [0.717, 1.165) is 43.3 Å². The molecule has 0 saturated heterocycles. The zero-order valence-corrected chi connectivity index (χ0v) is 29.8. The molecule has 0 aliphatic heterocycles. The minimum atomic E-state index is -4.07. The Hall–Kier alpha value is -4.58. The van der Waals surface area contributed by atoms with Crippen LogP contribution in [0.1, 0.15) is 20.9 Å². The Balaban J connectivity index is 1.21. The van der Waals surface area contributed by atoms with Gasteiger partial charge in [-0.05, 0) is 79.6 Å². The fourth-order valence-corrected chi connectivity index (χ4v) is 10.1. The standard InChI is InChI=1S/C34H30N4O8S4/c1-20-7-11-31(47-20)49(42,43)37-29(33(39)40)15-22-14-25-9-10-26(17-28(25)36-19-22)46-34(41)30(38-50(44,45)32-12-8-21(2)48-32)16-23-13-24-5-3-4-6-27(24)35-18-23/h3-14,17-19,29-30,37-38H,15-16H2,1-2H3,(H,39,40). The predicted molar refractivity (Wildman–Crippen MR) is 190 cm³/mol. The third-order valence-electron chi connectivity index (χ3n) is 7.60. The highest BCUT2D eigenvalue weighted by molar-refractivity contribution is 7.92. The van der Waals surface area contributed by atoms with Crippen molar-refractivity contribution in [2.45, 2.75) is 47.2 Å². The van der Waals surface area contributed by atoms with E-state index in [1.54, 1.807) is 44.3 Å². The molecule has 2 atom stereocenters. The van der Waals surface area contributed by atoms with Crippen LogP contribution in [0.3, 0.4) is 0 Å². The van der Waals surface area contributed by atoms with E-state index in [2.05, 4.69) is 19.4 Å². The molecule has 6 aromatic rings. The maximum Gasteiger partial charge on any atom is 0.329 e. The Morgan fingerprint density at radius 3 is 1.84 bits per heavy atom. The number of carbonyl (C=O) groups is 2. The van der Waals surface area contributed by atoms with Gasteiger partial charge < -0.3 is 9.84 Å². The SMILES string of the molecule is Cc1ccc(S(=O)(=O)NC(Cc2cnc3cc(OC(=O)C(Cc4cnc5ccccc5c4)NS(=O)(=O)c4ccc(C)s4)ccc3c2)C(=O)O)s1. The number of sulfonamides is 2. The second-order valence-corrected chi connectivity index (χ2v) is 17.9. The van der Waals surface area contributed by atoms with Crippen LogP contribution in [-0.4, -0.2) is 55.9 Å². The Kier molecular flexibility index (Phi) is 10.1. The second kappa shape index (κ2) is 14.3. The van der Waals surface area contributed by atoms with Crippen molar-refractivity contribution < 1.29 is 36.3 Å². The summed E-state index contributed by atoms with van der Waals surface area (Å²) in [5.41, 5.74) is 2.24. The van der Waals surface area contributed by atoms with Crippen molar-refractivity contribution in [1.29, 1.82) is 0 Å². The normalized spacial score (nSPS) is 13.3. The van der Waals surface area contributed by atoms with Gasteiger partial charge in [0.05, 0.1) is 11.0 Å². The van der Waals surface area contributed by atoms with E-state index in [9.17, 15) is 31.5 Å². The molecular formula is C34H30N4O8S4. The number of ether oxygens (including phenoxy) is 1. The number of para-hydroxylation sites is 1. The van der Waals surface area contributed by atoms with Crippen LogP contribution in [0.5, 0.6) is 5.75 Å². The summed E-state index contributed by atoms with van der Waals surface area (Å²) in [6.07, 6.45) is 2.80. The van der Waals surface area contributed by atoms with Crippen LogP contribution in [0.2, 0.25) is 0 Å². The molecule has 4 aromatic heterocycles. The lowest BCUT2D eigenvalue weighted by atomic mass is 10.1. The average molecular weight is 751 g/mol. The van der Waals surface area contributed by atoms with E-state index in [-0.39, 0.29) is 27.0 Å². The van der Waals surface area contributed by atoms with Gasteiger partial charge in [-0.3, -0.25) is 14.8 Å². The minimum absolute atomic E-state index is 0.0190. The van der Waals surface area contributed by atoms with Gasteiger partial charge in [-0.15, -0.1) is 22.7 Å². The van der Waals surface area contributed by atoms with Crippen LogP contribution in [0.15, 0.2) is 99.7 Å².